The molecule has 0 aliphatic heterocycles. The Hall–Kier alpha value is -0.800. The molecule has 19 heavy (non-hydrogen) atoms. The number of nitrogens with one attached hydrogen (secondary N) is 1. The smallest absolute Gasteiger partial charge is 0.122 e. The normalized spacial score (nSPS) is 11.6. The van der Waals surface area contributed by atoms with E-state index in [-0.39, 0.29) is 5.41 Å². The summed E-state index contributed by atoms with van der Waals surface area (Å²) in [5.41, 5.74) is 2.17. The SMILES string of the molecule is CCC(CC)(CCl)CNCc1cc(OC)cc(C)n1. The Bertz CT molecular complexity index is 383. The highest BCUT2D eigenvalue weighted by molar-refractivity contribution is 6.18. The molecule has 0 radical (unpaired) electrons. The maximum atomic E-state index is 6.10. The summed E-state index contributed by atoms with van der Waals surface area (Å²) in [5.74, 6) is 1.55. The van der Waals surface area contributed by atoms with Gasteiger partial charge in [0.15, 0.2) is 0 Å². The third kappa shape index (κ3) is 4.66. The minimum atomic E-state index is 0.190. The number of nitrogens with zero attached hydrogens (tertiary/aromatic N) is 1. The van der Waals surface area contributed by atoms with E-state index in [1.165, 1.54) is 0 Å². The number of rotatable bonds is 8. The van der Waals surface area contributed by atoms with Crippen LogP contribution in [-0.4, -0.2) is 24.5 Å². The minimum absolute atomic E-state index is 0.190. The van der Waals surface area contributed by atoms with Crippen LogP contribution in [0.2, 0.25) is 0 Å². The van der Waals surface area contributed by atoms with Gasteiger partial charge in [-0.2, -0.15) is 0 Å². The van der Waals surface area contributed by atoms with E-state index in [0.717, 1.165) is 43.1 Å². The summed E-state index contributed by atoms with van der Waals surface area (Å²) in [6.07, 6.45) is 2.18. The van der Waals surface area contributed by atoms with E-state index in [9.17, 15) is 0 Å². The summed E-state index contributed by atoms with van der Waals surface area (Å²) in [6.45, 7) is 8.04. The van der Waals surface area contributed by atoms with Gasteiger partial charge in [-0.25, -0.2) is 0 Å². The van der Waals surface area contributed by atoms with Gasteiger partial charge in [-0.15, -0.1) is 11.6 Å². The molecule has 0 aliphatic carbocycles. The molecule has 1 aromatic heterocycles. The molecule has 1 rings (SSSR count). The van der Waals surface area contributed by atoms with Crippen LogP contribution in [0.15, 0.2) is 12.1 Å². The van der Waals surface area contributed by atoms with E-state index in [1.54, 1.807) is 7.11 Å². The van der Waals surface area contributed by atoms with Crippen molar-refractivity contribution in [3.63, 3.8) is 0 Å². The number of pyridine rings is 1. The molecule has 0 unspecified atom stereocenters. The standard InChI is InChI=1S/C15H25ClN2O/c1-5-15(6-2,10-16)11-17-9-13-8-14(19-4)7-12(3)18-13/h7-8,17H,5-6,9-11H2,1-4H3. The predicted octanol–water partition coefficient (Wildman–Crippen LogP) is 3.53. The molecule has 1 heterocycles. The lowest BCUT2D eigenvalue weighted by Gasteiger charge is -2.29. The average Bonchev–Trinajstić information content (AvgIpc) is 2.43. The molecule has 0 bridgehead atoms. The molecule has 1 N–H and O–H groups in total. The quantitative estimate of drug-likeness (QED) is 0.742. The molecule has 3 nitrogen and oxygen atoms in total. The zero-order chi connectivity index (χ0) is 14.3. The van der Waals surface area contributed by atoms with Crippen molar-refractivity contribution in [3.05, 3.63) is 23.5 Å². The molecule has 0 aliphatic rings. The first-order valence-corrected chi connectivity index (χ1v) is 7.41. The number of hydrogen-bond acceptors (Lipinski definition) is 3. The highest BCUT2D eigenvalue weighted by Gasteiger charge is 2.24. The number of halogens is 1. The van der Waals surface area contributed by atoms with Gasteiger partial charge < -0.3 is 10.1 Å². The van der Waals surface area contributed by atoms with Crippen LogP contribution < -0.4 is 10.1 Å². The first kappa shape index (κ1) is 16.3. The van der Waals surface area contributed by atoms with Crippen LogP contribution in [0, 0.1) is 12.3 Å². The third-order valence-electron chi connectivity index (χ3n) is 3.81. The number of hydrogen-bond donors (Lipinski definition) is 1. The Morgan fingerprint density at radius 1 is 1.32 bits per heavy atom. The summed E-state index contributed by atoms with van der Waals surface area (Å²) >= 11 is 6.10. The second-order valence-corrected chi connectivity index (χ2v) is 5.35. The van der Waals surface area contributed by atoms with E-state index in [1.807, 2.05) is 19.1 Å². The van der Waals surface area contributed by atoms with Crippen LogP contribution in [-0.2, 0) is 6.54 Å². The topological polar surface area (TPSA) is 34.1 Å². The molecule has 0 aromatic carbocycles. The summed E-state index contributed by atoms with van der Waals surface area (Å²) < 4.78 is 5.26. The first-order valence-electron chi connectivity index (χ1n) is 6.87. The van der Waals surface area contributed by atoms with Crippen molar-refractivity contribution in [2.75, 3.05) is 19.5 Å². The van der Waals surface area contributed by atoms with Crippen LogP contribution in [0.1, 0.15) is 38.1 Å². The lowest BCUT2D eigenvalue weighted by Crippen LogP contribution is -2.34. The monoisotopic (exact) mass is 284 g/mol. The number of ether oxygens (including phenoxy) is 1. The summed E-state index contributed by atoms with van der Waals surface area (Å²) in [5, 5.41) is 3.47. The second kappa shape index (κ2) is 7.71. The zero-order valence-corrected chi connectivity index (χ0v) is 13.2. The van der Waals surface area contributed by atoms with Crippen molar-refractivity contribution in [1.29, 1.82) is 0 Å². The first-order chi connectivity index (χ1) is 9.09. The van der Waals surface area contributed by atoms with Gasteiger partial charge in [0.05, 0.1) is 12.8 Å². The van der Waals surface area contributed by atoms with E-state index < -0.39 is 0 Å². The van der Waals surface area contributed by atoms with E-state index in [0.29, 0.717) is 5.88 Å². The molecule has 4 heteroatoms. The molecule has 0 amide bonds. The van der Waals surface area contributed by atoms with Crippen LogP contribution in [0.25, 0.3) is 0 Å². The van der Waals surface area contributed by atoms with Gasteiger partial charge in [0.2, 0.25) is 0 Å². The Labute approximate surface area is 121 Å². The number of alkyl halides is 1. The lowest BCUT2D eigenvalue weighted by molar-refractivity contribution is 0.285. The Kier molecular flexibility index (Phi) is 6.59. The van der Waals surface area contributed by atoms with Crippen molar-refractivity contribution in [2.45, 2.75) is 40.2 Å². The third-order valence-corrected chi connectivity index (χ3v) is 4.37. The maximum Gasteiger partial charge on any atom is 0.122 e. The highest BCUT2D eigenvalue weighted by atomic mass is 35.5. The summed E-state index contributed by atoms with van der Waals surface area (Å²) in [7, 11) is 1.68. The molecule has 0 fully saturated rings. The number of aromatic nitrogens is 1. The van der Waals surface area contributed by atoms with Crippen LogP contribution in [0.3, 0.4) is 0 Å². The Balaban J connectivity index is 2.59. The maximum absolute atomic E-state index is 6.10. The molecule has 1 aromatic rings. The van der Waals surface area contributed by atoms with Gasteiger partial charge in [-0.1, -0.05) is 13.8 Å². The molecule has 0 spiro atoms. The van der Waals surface area contributed by atoms with E-state index in [2.05, 4.69) is 24.1 Å². The van der Waals surface area contributed by atoms with Crippen molar-refractivity contribution >= 4 is 11.6 Å². The van der Waals surface area contributed by atoms with E-state index in [4.69, 9.17) is 16.3 Å². The molecule has 0 atom stereocenters. The predicted molar refractivity (Wildman–Crippen MR) is 81.0 cm³/mol. The summed E-state index contributed by atoms with van der Waals surface area (Å²) in [4.78, 5) is 4.50. The zero-order valence-electron chi connectivity index (χ0n) is 12.4. The fourth-order valence-corrected chi connectivity index (χ4v) is 2.58. The Morgan fingerprint density at radius 2 is 2.00 bits per heavy atom. The van der Waals surface area contributed by atoms with Crippen molar-refractivity contribution in [1.82, 2.24) is 10.3 Å². The van der Waals surface area contributed by atoms with Crippen LogP contribution >= 0.6 is 11.6 Å². The minimum Gasteiger partial charge on any atom is -0.497 e. The average molecular weight is 285 g/mol. The molecule has 0 saturated carbocycles. The number of methoxy groups -OCH3 is 1. The highest BCUT2D eigenvalue weighted by Crippen LogP contribution is 2.27. The Morgan fingerprint density at radius 3 is 2.53 bits per heavy atom. The van der Waals surface area contributed by atoms with Gasteiger partial charge in [0.25, 0.3) is 0 Å². The molecule has 108 valence electrons. The fraction of sp³-hybridized carbons (Fsp3) is 0.667. The number of aryl methyl sites for hydroxylation is 1. The summed E-state index contributed by atoms with van der Waals surface area (Å²) in [6, 6.07) is 3.91. The van der Waals surface area contributed by atoms with Gasteiger partial charge in [-0.3, -0.25) is 4.98 Å². The van der Waals surface area contributed by atoms with Crippen LogP contribution in [0.5, 0.6) is 5.75 Å². The second-order valence-electron chi connectivity index (χ2n) is 5.08. The largest absolute Gasteiger partial charge is 0.497 e. The van der Waals surface area contributed by atoms with Crippen molar-refractivity contribution in [3.8, 4) is 5.75 Å². The van der Waals surface area contributed by atoms with Gasteiger partial charge in [0, 0.05) is 36.8 Å². The lowest BCUT2D eigenvalue weighted by atomic mass is 9.84. The fourth-order valence-electron chi connectivity index (χ4n) is 2.10. The van der Waals surface area contributed by atoms with Crippen molar-refractivity contribution < 1.29 is 4.74 Å². The molecule has 0 saturated heterocycles. The van der Waals surface area contributed by atoms with Gasteiger partial charge in [0.1, 0.15) is 5.75 Å². The van der Waals surface area contributed by atoms with Gasteiger partial charge in [-0.05, 0) is 25.2 Å². The molecular weight excluding hydrogens is 260 g/mol. The van der Waals surface area contributed by atoms with E-state index >= 15 is 0 Å². The van der Waals surface area contributed by atoms with Crippen LogP contribution in [0.4, 0.5) is 0 Å². The molecular formula is C15H25ClN2O. The van der Waals surface area contributed by atoms with Crippen molar-refractivity contribution in [2.24, 2.45) is 5.41 Å². The van der Waals surface area contributed by atoms with Gasteiger partial charge >= 0.3 is 0 Å².